The molecule has 0 spiro atoms. The maximum Gasteiger partial charge on any atom is 0.243 e. The van der Waals surface area contributed by atoms with Crippen LogP contribution in [0.3, 0.4) is 0 Å². The van der Waals surface area contributed by atoms with Crippen LogP contribution in [0.25, 0.3) is 22.6 Å². The maximum absolute atomic E-state index is 14.1. The number of halogens is 2. The quantitative estimate of drug-likeness (QED) is 0.350. The third-order valence-electron chi connectivity index (χ3n) is 6.32. The smallest absolute Gasteiger partial charge is 0.243 e. The van der Waals surface area contributed by atoms with Crippen molar-refractivity contribution in [3.05, 3.63) is 76.7 Å². The SMILES string of the molecule is Cc1ccc2nc(-c3ccccc3Cl)n(C3CCN(S(=O)(=O)c4ccc(C=O)c(F)c4)CC3)c2n1. The minimum absolute atomic E-state index is 0.0544. The van der Waals surface area contributed by atoms with E-state index in [0.717, 1.165) is 28.5 Å². The molecule has 7 nitrogen and oxygen atoms in total. The van der Waals surface area contributed by atoms with Crippen molar-refractivity contribution in [3.8, 4) is 11.4 Å². The zero-order valence-electron chi connectivity index (χ0n) is 18.9. The van der Waals surface area contributed by atoms with Crippen LogP contribution in [0.2, 0.25) is 5.02 Å². The van der Waals surface area contributed by atoms with Gasteiger partial charge in [-0.3, -0.25) is 4.79 Å². The number of pyridine rings is 1. The van der Waals surface area contributed by atoms with Crippen LogP contribution in [-0.2, 0) is 10.0 Å². The van der Waals surface area contributed by atoms with Gasteiger partial charge < -0.3 is 4.57 Å². The molecule has 0 N–H and O–H groups in total. The van der Waals surface area contributed by atoms with Gasteiger partial charge in [-0.1, -0.05) is 23.7 Å². The van der Waals surface area contributed by atoms with E-state index < -0.39 is 15.8 Å². The van der Waals surface area contributed by atoms with Crippen LogP contribution in [0.5, 0.6) is 0 Å². The first-order chi connectivity index (χ1) is 16.8. The molecule has 3 heterocycles. The molecule has 0 saturated carbocycles. The lowest BCUT2D eigenvalue weighted by atomic mass is 10.1. The van der Waals surface area contributed by atoms with Gasteiger partial charge in [0, 0.05) is 30.4 Å². The lowest BCUT2D eigenvalue weighted by Gasteiger charge is -2.32. The summed E-state index contributed by atoms with van der Waals surface area (Å²) in [5.41, 5.74) is 2.93. The third-order valence-corrected chi connectivity index (χ3v) is 8.54. The van der Waals surface area contributed by atoms with Gasteiger partial charge in [-0.05, 0) is 62.2 Å². The molecule has 180 valence electrons. The summed E-state index contributed by atoms with van der Waals surface area (Å²) in [6, 6.07) is 14.6. The number of piperidine rings is 1. The Morgan fingerprint density at radius 1 is 1.06 bits per heavy atom. The minimum Gasteiger partial charge on any atom is -0.305 e. The van der Waals surface area contributed by atoms with Gasteiger partial charge in [0.1, 0.15) is 17.2 Å². The minimum atomic E-state index is -3.90. The van der Waals surface area contributed by atoms with Gasteiger partial charge in [0.15, 0.2) is 11.9 Å². The van der Waals surface area contributed by atoms with E-state index >= 15 is 0 Å². The number of aldehydes is 1. The van der Waals surface area contributed by atoms with Crippen LogP contribution >= 0.6 is 11.6 Å². The Morgan fingerprint density at radius 3 is 2.49 bits per heavy atom. The number of hydrogen-bond acceptors (Lipinski definition) is 5. The van der Waals surface area contributed by atoms with E-state index in [4.69, 9.17) is 21.6 Å². The Hall–Kier alpha value is -3.14. The maximum atomic E-state index is 14.1. The fourth-order valence-corrected chi connectivity index (χ4v) is 6.20. The molecular weight excluding hydrogens is 491 g/mol. The molecule has 4 aromatic rings. The van der Waals surface area contributed by atoms with Crippen LogP contribution in [0, 0.1) is 12.7 Å². The standard InChI is InChI=1S/C25H22ClFN4O3S/c1-16-6-9-23-25(28-16)31(24(29-23)20-4-2-3-5-21(20)26)18-10-12-30(13-11-18)35(33,34)19-8-7-17(15-32)22(27)14-19/h2-9,14-15,18H,10-13H2,1H3. The second-order valence-electron chi connectivity index (χ2n) is 8.52. The highest BCUT2D eigenvalue weighted by Gasteiger charge is 2.32. The number of imidazole rings is 1. The zero-order valence-corrected chi connectivity index (χ0v) is 20.4. The van der Waals surface area contributed by atoms with Crippen LogP contribution in [0.15, 0.2) is 59.5 Å². The van der Waals surface area contributed by atoms with Crippen LogP contribution in [-0.4, -0.2) is 46.6 Å². The van der Waals surface area contributed by atoms with E-state index in [1.165, 1.54) is 16.4 Å². The molecule has 35 heavy (non-hydrogen) atoms. The number of fused-ring (bicyclic) bond motifs is 1. The molecule has 1 aliphatic heterocycles. The summed E-state index contributed by atoms with van der Waals surface area (Å²) in [5, 5.41) is 0.571. The van der Waals surface area contributed by atoms with Gasteiger partial charge in [-0.25, -0.2) is 22.8 Å². The summed E-state index contributed by atoms with van der Waals surface area (Å²) in [4.78, 5) is 20.3. The van der Waals surface area contributed by atoms with Crippen LogP contribution < -0.4 is 0 Å². The van der Waals surface area contributed by atoms with Crippen molar-refractivity contribution in [2.24, 2.45) is 0 Å². The summed E-state index contributed by atoms with van der Waals surface area (Å²) >= 11 is 6.50. The van der Waals surface area contributed by atoms with Gasteiger partial charge in [0.2, 0.25) is 10.0 Å². The van der Waals surface area contributed by atoms with E-state index in [1.807, 2.05) is 43.3 Å². The van der Waals surface area contributed by atoms with Crippen molar-refractivity contribution >= 4 is 39.1 Å². The van der Waals surface area contributed by atoms with Crippen molar-refractivity contribution in [1.29, 1.82) is 0 Å². The number of carbonyl (C=O) groups is 1. The monoisotopic (exact) mass is 512 g/mol. The van der Waals surface area contributed by atoms with Crippen molar-refractivity contribution < 1.29 is 17.6 Å². The predicted molar refractivity (Wildman–Crippen MR) is 132 cm³/mol. The van der Waals surface area contributed by atoms with Gasteiger partial charge in [0.05, 0.1) is 15.5 Å². The van der Waals surface area contributed by atoms with Gasteiger partial charge >= 0.3 is 0 Å². The summed E-state index contributed by atoms with van der Waals surface area (Å²) < 4.78 is 43.8. The van der Waals surface area contributed by atoms with E-state index in [2.05, 4.69) is 4.57 Å². The molecule has 1 saturated heterocycles. The largest absolute Gasteiger partial charge is 0.305 e. The van der Waals surface area contributed by atoms with Crippen LogP contribution in [0.1, 0.15) is 34.9 Å². The van der Waals surface area contributed by atoms with Crippen molar-refractivity contribution in [2.75, 3.05) is 13.1 Å². The first-order valence-corrected chi connectivity index (χ1v) is 13.0. The average Bonchev–Trinajstić information content (AvgIpc) is 3.22. The number of hydrogen-bond donors (Lipinski definition) is 0. The molecule has 2 aromatic heterocycles. The second-order valence-corrected chi connectivity index (χ2v) is 10.9. The molecule has 0 bridgehead atoms. The normalized spacial score (nSPS) is 15.5. The Kier molecular flexibility index (Phi) is 6.16. The number of aromatic nitrogens is 3. The number of aryl methyl sites for hydroxylation is 1. The Morgan fingerprint density at radius 2 is 1.80 bits per heavy atom. The topological polar surface area (TPSA) is 85.2 Å². The lowest BCUT2D eigenvalue weighted by Crippen LogP contribution is -2.39. The van der Waals surface area contributed by atoms with Gasteiger partial charge in [-0.2, -0.15) is 4.31 Å². The number of carbonyl (C=O) groups excluding carboxylic acids is 1. The molecule has 0 radical (unpaired) electrons. The first-order valence-electron chi connectivity index (χ1n) is 11.1. The fraction of sp³-hybridized carbons (Fsp3) is 0.240. The summed E-state index contributed by atoms with van der Waals surface area (Å²) in [6.45, 7) is 2.41. The molecular formula is C25H22ClFN4O3S. The molecule has 10 heteroatoms. The number of nitrogens with zero attached hydrogens (tertiary/aromatic N) is 4. The molecule has 2 aromatic carbocycles. The second kappa shape index (κ2) is 9.14. The summed E-state index contributed by atoms with van der Waals surface area (Å²) in [5.74, 6) is -0.164. The van der Waals surface area contributed by atoms with Crippen LogP contribution in [0.4, 0.5) is 4.39 Å². The first kappa shape index (κ1) is 23.6. The summed E-state index contributed by atoms with van der Waals surface area (Å²) in [6.07, 6.45) is 1.40. The Labute approximate surface area is 207 Å². The molecule has 0 aliphatic carbocycles. The van der Waals surface area contributed by atoms with E-state index in [9.17, 15) is 17.6 Å². The Balaban J connectivity index is 1.48. The molecule has 1 fully saturated rings. The number of benzene rings is 2. The lowest BCUT2D eigenvalue weighted by molar-refractivity contribution is 0.111. The van der Waals surface area contributed by atoms with Gasteiger partial charge in [-0.15, -0.1) is 0 Å². The van der Waals surface area contributed by atoms with Crippen molar-refractivity contribution in [2.45, 2.75) is 30.7 Å². The molecule has 1 aliphatic rings. The predicted octanol–water partition coefficient (Wildman–Crippen LogP) is 5.04. The van der Waals surface area contributed by atoms with E-state index in [-0.39, 0.29) is 29.6 Å². The fourth-order valence-electron chi connectivity index (χ4n) is 4.50. The molecule has 0 amide bonds. The highest BCUT2D eigenvalue weighted by atomic mass is 35.5. The van der Waals surface area contributed by atoms with E-state index in [0.29, 0.717) is 30.0 Å². The average molecular weight is 513 g/mol. The molecule has 5 rings (SSSR count). The van der Waals surface area contributed by atoms with E-state index in [1.54, 1.807) is 0 Å². The Bertz CT molecular complexity index is 1550. The summed E-state index contributed by atoms with van der Waals surface area (Å²) in [7, 11) is -3.90. The third kappa shape index (κ3) is 4.24. The highest BCUT2D eigenvalue weighted by molar-refractivity contribution is 7.89. The number of rotatable bonds is 5. The molecule has 0 atom stereocenters. The highest BCUT2D eigenvalue weighted by Crippen LogP contribution is 2.36. The zero-order chi connectivity index (χ0) is 24.7. The number of sulfonamides is 1. The molecule has 0 unspecified atom stereocenters. The van der Waals surface area contributed by atoms with Crippen molar-refractivity contribution in [3.63, 3.8) is 0 Å². The van der Waals surface area contributed by atoms with Gasteiger partial charge in [0.25, 0.3) is 0 Å². The van der Waals surface area contributed by atoms with Crippen molar-refractivity contribution in [1.82, 2.24) is 18.8 Å².